The number of esters is 1. The van der Waals surface area contributed by atoms with Crippen molar-refractivity contribution in [1.29, 1.82) is 0 Å². The number of aryl methyl sites for hydroxylation is 1. The molecule has 0 saturated carbocycles. The first kappa shape index (κ1) is 16.2. The fourth-order valence-electron chi connectivity index (χ4n) is 2.39. The van der Waals surface area contributed by atoms with Gasteiger partial charge in [0, 0.05) is 18.0 Å². The molecular weight excluding hydrogens is 308 g/mol. The van der Waals surface area contributed by atoms with Gasteiger partial charge in [-0.3, -0.25) is 0 Å². The van der Waals surface area contributed by atoms with E-state index in [0.717, 1.165) is 23.0 Å². The van der Waals surface area contributed by atoms with E-state index in [9.17, 15) is 4.79 Å². The quantitative estimate of drug-likeness (QED) is 0.665. The predicted octanol–water partition coefficient (Wildman–Crippen LogP) is 2.65. The van der Waals surface area contributed by atoms with Crippen LogP contribution in [0.3, 0.4) is 0 Å². The van der Waals surface area contributed by atoms with Crippen LogP contribution in [0.15, 0.2) is 6.07 Å². The van der Waals surface area contributed by atoms with E-state index in [1.807, 2.05) is 26.8 Å². The first-order valence-electron chi connectivity index (χ1n) is 6.80. The summed E-state index contributed by atoms with van der Waals surface area (Å²) < 4.78 is 10.5. The normalized spacial score (nSPS) is 22.0. The van der Waals surface area contributed by atoms with Gasteiger partial charge in [-0.15, -0.1) is 11.3 Å². The molecule has 0 unspecified atom stereocenters. The number of ether oxygens (including phenoxy) is 2. The SMILES string of the molecule is COC(=O)c1cc(C)sc1NC(=S)N1C[C@H](C)O[C@@H](C)C1. The molecule has 0 spiro atoms. The highest BCUT2D eigenvalue weighted by Gasteiger charge is 2.25. The Morgan fingerprint density at radius 3 is 2.67 bits per heavy atom. The molecule has 1 aromatic heterocycles. The van der Waals surface area contributed by atoms with Gasteiger partial charge in [0.25, 0.3) is 0 Å². The van der Waals surface area contributed by atoms with Crippen molar-refractivity contribution in [2.75, 3.05) is 25.5 Å². The van der Waals surface area contributed by atoms with Gasteiger partial charge in [-0.2, -0.15) is 0 Å². The lowest BCUT2D eigenvalue weighted by molar-refractivity contribution is -0.0473. The third kappa shape index (κ3) is 3.93. The maximum absolute atomic E-state index is 11.8. The van der Waals surface area contributed by atoms with E-state index in [1.165, 1.54) is 18.4 Å². The van der Waals surface area contributed by atoms with Crippen molar-refractivity contribution in [1.82, 2.24) is 4.90 Å². The average molecular weight is 328 g/mol. The first-order valence-corrected chi connectivity index (χ1v) is 8.03. The molecule has 116 valence electrons. The topological polar surface area (TPSA) is 50.8 Å². The van der Waals surface area contributed by atoms with Gasteiger partial charge in [0.05, 0.1) is 24.9 Å². The molecule has 21 heavy (non-hydrogen) atoms. The van der Waals surface area contributed by atoms with Crippen molar-refractivity contribution in [3.05, 3.63) is 16.5 Å². The smallest absolute Gasteiger partial charge is 0.340 e. The third-order valence-electron chi connectivity index (χ3n) is 3.19. The molecule has 2 atom stereocenters. The molecule has 1 N–H and O–H groups in total. The van der Waals surface area contributed by atoms with Crippen LogP contribution in [0.1, 0.15) is 29.1 Å². The van der Waals surface area contributed by atoms with Gasteiger partial charge in [-0.25, -0.2) is 4.79 Å². The highest BCUT2D eigenvalue weighted by molar-refractivity contribution is 7.80. The Bertz CT molecular complexity index is 534. The molecule has 2 heterocycles. The fraction of sp³-hybridized carbons (Fsp3) is 0.571. The highest BCUT2D eigenvalue weighted by Crippen LogP contribution is 2.28. The number of carbonyl (C=O) groups excluding carboxylic acids is 1. The highest BCUT2D eigenvalue weighted by atomic mass is 32.1. The standard InChI is InChI=1S/C14H20N2O3S2/c1-8-6-16(7-9(2)19-8)14(20)15-12-11(13(17)18-4)5-10(3)21-12/h5,8-9H,6-7H2,1-4H3,(H,15,20)/t8-,9-/m0/s1. The number of hydrogen-bond acceptors (Lipinski definition) is 5. The molecule has 7 heteroatoms. The lowest BCUT2D eigenvalue weighted by Gasteiger charge is -2.36. The number of rotatable bonds is 2. The van der Waals surface area contributed by atoms with Crippen LogP contribution >= 0.6 is 23.6 Å². The van der Waals surface area contributed by atoms with Crippen molar-refractivity contribution in [3.63, 3.8) is 0 Å². The van der Waals surface area contributed by atoms with Crippen LogP contribution in [0.4, 0.5) is 5.00 Å². The van der Waals surface area contributed by atoms with E-state index in [2.05, 4.69) is 10.2 Å². The molecule has 1 aromatic rings. The van der Waals surface area contributed by atoms with E-state index < -0.39 is 0 Å². The summed E-state index contributed by atoms with van der Waals surface area (Å²) in [7, 11) is 1.38. The summed E-state index contributed by atoms with van der Waals surface area (Å²) in [4.78, 5) is 14.9. The van der Waals surface area contributed by atoms with Crippen molar-refractivity contribution < 1.29 is 14.3 Å². The molecule has 0 aromatic carbocycles. The Morgan fingerprint density at radius 1 is 1.48 bits per heavy atom. The number of morpholine rings is 1. The Kier molecular flexibility index (Phi) is 5.18. The van der Waals surface area contributed by atoms with Gasteiger partial charge in [0.2, 0.25) is 0 Å². The number of nitrogens with zero attached hydrogens (tertiary/aromatic N) is 1. The number of anilines is 1. The van der Waals surface area contributed by atoms with Crippen molar-refractivity contribution in [2.24, 2.45) is 0 Å². The van der Waals surface area contributed by atoms with Gasteiger partial charge in [0.1, 0.15) is 5.00 Å². The van der Waals surface area contributed by atoms with Crippen molar-refractivity contribution in [3.8, 4) is 0 Å². The van der Waals surface area contributed by atoms with E-state index in [-0.39, 0.29) is 18.2 Å². The second kappa shape index (κ2) is 6.72. The zero-order chi connectivity index (χ0) is 15.6. The van der Waals surface area contributed by atoms with Crippen molar-refractivity contribution in [2.45, 2.75) is 33.0 Å². The molecule has 1 saturated heterocycles. The molecule has 1 aliphatic heterocycles. The summed E-state index contributed by atoms with van der Waals surface area (Å²) in [6, 6.07) is 1.81. The maximum Gasteiger partial charge on any atom is 0.340 e. The summed E-state index contributed by atoms with van der Waals surface area (Å²) in [5, 5.41) is 4.52. The van der Waals surface area contributed by atoms with Gasteiger partial charge in [-0.1, -0.05) is 0 Å². The molecule has 0 bridgehead atoms. The summed E-state index contributed by atoms with van der Waals surface area (Å²) in [6.45, 7) is 7.49. The lowest BCUT2D eigenvalue weighted by Crippen LogP contribution is -2.49. The molecule has 1 fully saturated rings. The van der Waals surface area contributed by atoms with Gasteiger partial charge >= 0.3 is 5.97 Å². The molecule has 0 aliphatic carbocycles. The van der Waals surface area contributed by atoms with Crippen LogP contribution < -0.4 is 5.32 Å². The fourth-order valence-corrected chi connectivity index (χ4v) is 3.60. The Labute approximate surface area is 134 Å². The van der Waals surface area contributed by atoms with Crippen LogP contribution in [0, 0.1) is 6.92 Å². The maximum atomic E-state index is 11.8. The minimum absolute atomic E-state index is 0.138. The molecule has 2 rings (SSSR count). The molecule has 1 aliphatic rings. The average Bonchev–Trinajstić information content (AvgIpc) is 2.77. The largest absolute Gasteiger partial charge is 0.465 e. The zero-order valence-electron chi connectivity index (χ0n) is 12.6. The van der Waals surface area contributed by atoms with Crippen LogP contribution in [-0.2, 0) is 9.47 Å². The Hall–Kier alpha value is -1.18. The zero-order valence-corrected chi connectivity index (χ0v) is 14.3. The number of methoxy groups -OCH3 is 1. The number of carbonyl (C=O) groups is 1. The molecular formula is C14H20N2O3S2. The van der Waals surface area contributed by atoms with Crippen LogP contribution in [0.5, 0.6) is 0 Å². The van der Waals surface area contributed by atoms with Gasteiger partial charge < -0.3 is 19.7 Å². The number of thiophene rings is 1. The van der Waals surface area contributed by atoms with Gasteiger partial charge in [-0.05, 0) is 39.1 Å². The predicted molar refractivity (Wildman–Crippen MR) is 88.2 cm³/mol. The number of thiocarbonyl (C=S) groups is 1. The number of hydrogen-bond donors (Lipinski definition) is 1. The van der Waals surface area contributed by atoms with Crippen LogP contribution in [0.2, 0.25) is 0 Å². The minimum atomic E-state index is -0.353. The Balaban J connectivity index is 2.11. The second-order valence-electron chi connectivity index (χ2n) is 5.18. The summed E-state index contributed by atoms with van der Waals surface area (Å²) in [5.74, 6) is -0.353. The number of nitrogens with one attached hydrogen (secondary N) is 1. The molecule has 5 nitrogen and oxygen atoms in total. The second-order valence-corrected chi connectivity index (χ2v) is 6.83. The molecule has 0 radical (unpaired) electrons. The first-order chi connectivity index (χ1) is 9.90. The van der Waals surface area contributed by atoms with E-state index >= 15 is 0 Å². The van der Waals surface area contributed by atoms with Crippen molar-refractivity contribution >= 4 is 39.6 Å². The van der Waals surface area contributed by atoms with Crippen LogP contribution in [0.25, 0.3) is 0 Å². The minimum Gasteiger partial charge on any atom is -0.465 e. The van der Waals surface area contributed by atoms with Crippen LogP contribution in [-0.4, -0.2) is 48.4 Å². The summed E-state index contributed by atoms with van der Waals surface area (Å²) in [6.07, 6.45) is 0.275. The molecule has 0 amide bonds. The van der Waals surface area contributed by atoms with E-state index in [0.29, 0.717) is 10.7 Å². The summed E-state index contributed by atoms with van der Waals surface area (Å²) >= 11 is 6.96. The summed E-state index contributed by atoms with van der Waals surface area (Å²) in [5.41, 5.74) is 0.525. The Morgan fingerprint density at radius 2 is 2.10 bits per heavy atom. The van der Waals surface area contributed by atoms with Gasteiger partial charge in [0.15, 0.2) is 5.11 Å². The third-order valence-corrected chi connectivity index (χ3v) is 4.51. The monoisotopic (exact) mass is 328 g/mol. The van der Waals surface area contributed by atoms with E-state index in [4.69, 9.17) is 21.7 Å². The lowest BCUT2D eigenvalue weighted by atomic mass is 10.2. The van der Waals surface area contributed by atoms with E-state index in [1.54, 1.807) is 0 Å².